The average Bonchev–Trinajstić information content (AvgIpc) is 2.60. The second kappa shape index (κ2) is 4.70. The molecule has 0 spiro atoms. The molecule has 1 aliphatic heterocycles. The van der Waals surface area contributed by atoms with Crippen LogP contribution in [0.3, 0.4) is 0 Å². The molecule has 0 amide bonds. The number of halogens is 2. The summed E-state index contributed by atoms with van der Waals surface area (Å²) in [5.74, 6) is -1.05. The summed E-state index contributed by atoms with van der Waals surface area (Å²) in [7, 11) is 0. The van der Waals surface area contributed by atoms with Gasteiger partial charge in [0.15, 0.2) is 0 Å². The van der Waals surface area contributed by atoms with E-state index in [4.69, 9.17) is 5.73 Å². The molecular weight excluding hydrogens is 222 g/mol. The van der Waals surface area contributed by atoms with Crippen LogP contribution in [0.2, 0.25) is 0 Å². The minimum atomic E-state index is -0.547. The van der Waals surface area contributed by atoms with Crippen molar-refractivity contribution in [2.24, 2.45) is 5.73 Å². The Balaban J connectivity index is 2.36. The van der Waals surface area contributed by atoms with Crippen LogP contribution in [0.4, 0.5) is 8.78 Å². The highest BCUT2D eigenvalue weighted by molar-refractivity contribution is 5.25. The van der Waals surface area contributed by atoms with Gasteiger partial charge in [0.05, 0.1) is 6.04 Å². The minimum Gasteiger partial charge on any atom is -0.326 e. The molecule has 17 heavy (non-hydrogen) atoms. The number of hydrogen-bond acceptors (Lipinski definition) is 2. The third-order valence-electron chi connectivity index (χ3n) is 3.43. The van der Waals surface area contributed by atoms with Gasteiger partial charge in [-0.05, 0) is 26.3 Å². The van der Waals surface area contributed by atoms with Crippen molar-refractivity contribution in [3.8, 4) is 0 Å². The summed E-state index contributed by atoms with van der Waals surface area (Å²) in [5.41, 5.74) is 6.55. The second-order valence-electron chi connectivity index (χ2n) is 4.89. The summed E-state index contributed by atoms with van der Waals surface area (Å²) in [5, 5.41) is 0. The lowest BCUT2D eigenvalue weighted by atomic mass is 9.99. The topological polar surface area (TPSA) is 29.3 Å². The molecular formula is C13H18F2N2. The van der Waals surface area contributed by atoms with Crippen molar-refractivity contribution in [3.05, 3.63) is 35.4 Å². The van der Waals surface area contributed by atoms with Crippen LogP contribution in [0.25, 0.3) is 0 Å². The summed E-state index contributed by atoms with van der Waals surface area (Å²) in [6.07, 6.45) is 0.847. The maximum atomic E-state index is 13.8. The zero-order valence-electron chi connectivity index (χ0n) is 10.2. The van der Waals surface area contributed by atoms with Crippen LogP contribution in [-0.2, 0) is 0 Å². The van der Waals surface area contributed by atoms with Crippen LogP contribution < -0.4 is 5.73 Å². The van der Waals surface area contributed by atoms with E-state index in [0.717, 1.165) is 19.0 Å². The predicted molar refractivity (Wildman–Crippen MR) is 63.5 cm³/mol. The molecule has 2 atom stereocenters. The Hall–Kier alpha value is -1.00. The molecule has 2 rings (SSSR count). The Morgan fingerprint density at radius 1 is 1.35 bits per heavy atom. The van der Waals surface area contributed by atoms with Gasteiger partial charge in [-0.1, -0.05) is 6.07 Å². The van der Waals surface area contributed by atoms with Crippen molar-refractivity contribution >= 4 is 0 Å². The van der Waals surface area contributed by atoms with Crippen molar-refractivity contribution in [1.82, 2.24) is 4.90 Å². The number of hydrogen-bond donors (Lipinski definition) is 1. The molecule has 0 bridgehead atoms. The first-order valence-electron chi connectivity index (χ1n) is 5.97. The van der Waals surface area contributed by atoms with Crippen molar-refractivity contribution in [1.29, 1.82) is 0 Å². The Morgan fingerprint density at radius 2 is 2.06 bits per heavy atom. The molecule has 0 aromatic heterocycles. The quantitative estimate of drug-likeness (QED) is 0.860. The van der Waals surface area contributed by atoms with Gasteiger partial charge in [0.25, 0.3) is 0 Å². The van der Waals surface area contributed by atoms with Crippen LogP contribution in [0.5, 0.6) is 0 Å². The summed E-state index contributed by atoms with van der Waals surface area (Å²) in [6.45, 7) is 4.99. The highest BCUT2D eigenvalue weighted by Gasteiger charge is 2.35. The molecule has 1 aromatic carbocycles. The van der Waals surface area contributed by atoms with E-state index in [1.165, 1.54) is 12.1 Å². The largest absolute Gasteiger partial charge is 0.326 e. The normalized spacial score (nSPS) is 25.8. The standard InChI is InChI=1S/C13H18F2N2/c1-8(2)17-6-5-12(16)13(17)10-4-3-9(14)7-11(10)15/h3-4,7-8,12-13H,5-6,16H2,1-2H3. The summed E-state index contributed by atoms with van der Waals surface area (Å²) >= 11 is 0. The molecule has 0 aliphatic carbocycles. The van der Waals surface area contributed by atoms with Gasteiger partial charge in [0, 0.05) is 30.3 Å². The second-order valence-corrected chi connectivity index (χ2v) is 4.89. The van der Waals surface area contributed by atoms with Gasteiger partial charge in [-0.3, -0.25) is 4.90 Å². The molecule has 1 saturated heterocycles. The predicted octanol–water partition coefficient (Wildman–Crippen LogP) is 2.45. The van der Waals surface area contributed by atoms with Gasteiger partial charge in [-0.15, -0.1) is 0 Å². The molecule has 1 aromatic rings. The van der Waals surface area contributed by atoms with Crippen LogP contribution in [0.15, 0.2) is 18.2 Å². The van der Waals surface area contributed by atoms with Crippen molar-refractivity contribution < 1.29 is 8.78 Å². The van der Waals surface area contributed by atoms with Gasteiger partial charge in [0.2, 0.25) is 0 Å². The van der Waals surface area contributed by atoms with Crippen molar-refractivity contribution in [2.45, 2.75) is 38.4 Å². The Kier molecular flexibility index (Phi) is 3.45. The van der Waals surface area contributed by atoms with Gasteiger partial charge in [-0.2, -0.15) is 0 Å². The fourth-order valence-electron chi connectivity index (χ4n) is 2.57. The summed E-state index contributed by atoms with van der Waals surface area (Å²) in [6, 6.07) is 3.81. The Morgan fingerprint density at radius 3 is 2.65 bits per heavy atom. The molecule has 0 radical (unpaired) electrons. The van der Waals surface area contributed by atoms with Crippen molar-refractivity contribution in [3.63, 3.8) is 0 Å². The van der Waals surface area contributed by atoms with Crippen LogP contribution in [-0.4, -0.2) is 23.5 Å². The molecule has 1 heterocycles. The first-order valence-corrected chi connectivity index (χ1v) is 5.97. The first kappa shape index (κ1) is 12.5. The lowest BCUT2D eigenvalue weighted by molar-refractivity contribution is 0.194. The number of likely N-dealkylation sites (tertiary alicyclic amines) is 1. The maximum Gasteiger partial charge on any atom is 0.130 e. The van der Waals surface area contributed by atoms with E-state index in [-0.39, 0.29) is 12.1 Å². The highest BCUT2D eigenvalue weighted by atomic mass is 19.1. The van der Waals surface area contributed by atoms with E-state index < -0.39 is 11.6 Å². The third-order valence-corrected chi connectivity index (χ3v) is 3.43. The Labute approximate surface area is 100 Å². The van der Waals surface area contributed by atoms with E-state index in [1.54, 1.807) is 0 Å². The van der Waals surface area contributed by atoms with Crippen molar-refractivity contribution in [2.75, 3.05) is 6.54 Å². The number of nitrogens with zero attached hydrogens (tertiary/aromatic N) is 1. The molecule has 2 unspecified atom stereocenters. The van der Waals surface area contributed by atoms with E-state index in [2.05, 4.69) is 18.7 Å². The smallest absolute Gasteiger partial charge is 0.130 e. The maximum absolute atomic E-state index is 13.8. The average molecular weight is 240 g/mol. The first-order chi connectivity index (χ1) is 8.00. The summed E-state index contributed by atoms with van der Waals surface area (Å²) < 4.78 is 26.7. The van der Waals surface area contributed by atoms with Gasteiger partial charge in [-0.25, -0.2) is 8.78 Å². The minimum absolute atomic E-state index is 0.0858. The number of benzene rings is 1. The van der Waals surface area contributed by atoms with Crippen LogP contribution >= 0.6 is 0 Å². The highest BCUT2D eigenvalue weighted by Crippen LogP contribution is 2.34. The molecule has 0 saturated carbocycles. The molecule has 94 valence electrons. The SMILES string of the molecule is CC(C)N1CCC(N)C1c1ccc(F)cc1F. The molecule has 1 fully saturated rings. The monoisotopic (exact) mass is 240 g/mol. The number of rotatable bonds is 2. The third kappa shape index (κ3) is 2.33. The molecule has 2 N–H and O–H groups in total. The fraction of sp³-hybridized carbons (Fsp3) is 0.538. The van der Waals surface area contributed by atoms with E-state index in [9.17, 15) is 8.78 Å². The van der Waals surface area contributed by atoms with Crippen LogP contribution in [0, 0.1) is 11.6 Å². The zero-order valence-corrected chi connectivity index (χ0v) is 10.2. The van der Waals surface area contributed by atoms with E-state index >= 15 is 0 Å². The number of nitrogens with two attached hydrogens (primary N) is 1. The zero-order chi connectivity index (χ0) is 12.6. The van der Waals surface area contributed by atoms with Crippen LogP contribution in [0.1, 0.15) is 31.9 Å². The van der Waals surface area contributed by atoms with E-state index in [0.29, 0.717) is 11.6 Å². The Bertz CT molecular complexity index is 406. The molecule has 2 nitrogen and oxygen atoms in total. The molecule has 1 aliphatic rings. The van der Waals surface area contributed by atoms with Gasteiger partial charge >= 0.3 is 0 Å². The van der Waals surface area contributed by atoms with Gasteiger partial charge in [0.1, 0.15) is 11.6 Å². The summed E-state index contributed by atoms with van der Waals surface area (Å²) in [4.78, 5) is 2.17. The molecule has 4 heteroatoms. The van der Waals surface area contributed by atoms with Gasteiger partial charge < -0.3 is 5.73 Å². The lowest BCUT2D eigenvalue weighted by Crippen LogP contribution is -2.36. The van der Waals surface area contributed by atoms with E-state index in [1.807, 2.05) is 0 Å². The lowest BCUT2D eigenvalue weighted by Gasteiger charge is -2.30. The fourth-order valence-corrected chi connectivity index (χ4v) is 2.57.